The summed E-state index contributed by atoms with van der Waals surface area (Å²) in [5.41, 5.74) is 8.30. The molecule has 6 rings (SSSR count). The van der Waals surface area contributed by atoms with Crippen molar-refractivity contribution in [3.8, 4) is 11.1 Å². The molecule has 0 unspecified atom stereocenters. The van der Waals surface area contributed by atoms with Crippen LogP contribution in [-0.2, 0) is 31.2 Å². The van der Waals surface area contributed by atoms with Gasteiger partial charge in [-0.2, -0.15) is 0 Å². The van der Waals surface area contributed by atoms with Crippen LogP contribution in [0.25, 0.3) is 11.1 Å². The standard InChI is InChI=1S/C21H25.C12H10Si.C5H5.Zr/c1-20(2,3)16-7-9-18-14(12-16)11-15-13-17(21(4,5)6)8-10-19(15)18;1-3-7-11(8-4-1)13-12-9-5-2-6-10-12;1-2-4-5-3-1;/h7-13H,1-6H3;1-10H;1-5H;. The second-order valence-corrected chi connectivity index (χ2v) is 27.7. The van der Waals surface area contributed by atoms with Crippen molar-refractivity contribution in [1.29, 1.82) is 0 Å². The third-order valence-electron chi connectivity index (χ3n) is 8.58. The molecule has 2 heteroatoms. The van der Waals surface area contributed by atoms with Crippen LogP contribution in [0.4, 0.5) is 0 Å². The van der Waals surface area contributed by atoms with Crippen LogP contribution in [0.5, 0.6) is 0 Å². The van der Waals surface area contributed by atoms with E-state index >= 15 is 0 Å². The van der Waals surface area contributed by atoms with E-state index in [0.29, 0.717) is 7.25 Å². The van der Waals surface area contributed by atoms with Crippen LogP contribution >= 0.6 is 0 Å². The Labute approximate surface area is 249 Å². The van der Waals surface area contributed by atoms with Gasteiger partial charge in [-0.25, -0.2) is 0 Å². The van der Waals surface area contributed by atoms with Crippen LogP contribution in [0.15, 0.2) is 121 Å². The third kappa shape index (κ3) is 5.15. The van der Waals surface area contributed by atoms with Gasteiger partial charge in [0.05, 0.1) is 0 Å². The minimum absolute atomic E-state index is 0.119. The Morgan fingerprint density at radius 1 is 0.550 bits per heavy atom. The summed E-state index contributed by atoms with van der Waals surface area (Å²) in [4.78, 5) is 0. The van der Waals surface area contributed by atoms with E-state index in [-0.39, 0.29) is 10.8 Å². The second-order valence-electron chi connectivity index (χ2n) is 13.4. The number of allylic oxidation sites excluding steroid dienone is 4. The normalized spacial score (nSPS) is 14.8. The van der Waals surface area contributed by atoms with Gasteiger partial charge in [0.15, 0.2) is 0 Å². The zero-order valence-corrected chi connectivity index (χ0v) is 28.2. The van der Waals surface area contributed by atoms with Crippen molar-refractivity contribution in [3.63, 3.8) is 0 Å². The predicted molar refractivity (Wildman–Crippen MR) is 171 cm³/mol. The molecule has 0 saturated carbocycles. The Kier molecular flexibility index (Phi) is 7.39. The molecule has 0 atom stereocenters. The third-order valence-corrected chi connectivity index (χ3v) is 28.9. The van der Waals surface area contributed by atoms with E-state index in [4.69, 9.17) is 0 Å². The van der Waals surface area contributed by atoms with E-state index in [1.54, 1.807) is 21.5 Å². The second kappa shape index (κ2) is 10.7. The molecule has 2 aliphatic rings. The summed E-state index contributed by atoms with van der Waals surface area (Å²) in [7, 11) is 0. The fourth-order valence-corrected chi connectivity index (χ4v) is 29.3. The summed E-state index contributed by atoms with van der Waals surface area (Å²) in [5, 5.41) is 3.16. The zero-order chi connectivity index (χ0) is 28.1. The Hall–Kier alpha value is -2.54. The summed E-state index contributed by atoms with van der Waals surface area (Å²) in [5.74, 6) is 0. The van der Waals surface area contributed by atoms with Gasteiger partial charge in [0, 0.05) is 0 Å². The zero-order valence-electron chi connectivity index (χ0n) is 24.7. The molecule has 2 aliphatic carbocycles. The molecule has 0 radical (unpaired) electrons. The molecule has 200 valence electrons. The number of benzene rings is 4. The molecular formula is C38H40SiZr. The number of rotatable bonds is 4. The molecule has 4 aromatic carbocycles. The predicted octanol–water partition coefficient (Wildman–Crippen LogP) is 8.69. The average Bonchev–Trinajstić information content (AvgIpc) is 3.58. The molecule has 0 N–H and O–H groups in total. The fraction of sp³-hybridized carbons (Fsp3) is 0.263. The first-order valence-electron chi connectivity index (χ1n) is 14.6. The van der Waals surface area contributed by atoms with Crippen molar-refractivity contribution in [2.45, 2.75) is 59.6 Å². The Balaban J connectivity index is 1.74. The maximum absolute atomic E-state index is 2.61. The number of hydrogen-bond donors (Lipinski definition) is 0. The molecular weight excluding hydrogens is 576 g/mol. The van der Waals surface area contributed by atoms with Gasteiger partial charge in [-0.1, -0.05) is 0 Å². The van der Waals surface area contributed by atoms with E-state index in [1.165, 1.54) is 22.3 Å². The van der Waals surface area contributed by atoms with Gasteiger partial charge in [0.25, 0.3) is 0 Å². The first-order chi connectivity index (χ1) is 19.1. The topological polar surface area (TPSA) is 0 Å². The van der Waals surface area contributed by atoms with Crippen molar-refractivity contribution >= 4 is 15.8 Å². The summed E-state index contributed by atoms with van der Waals surface area (Å²) < 4.78 is 1.10. The van der Waals surface area contributed by atoms with E-state index < -0.39 is 25.8 Å². The van der Waals surface area contributed by atoms with Crippen molar-refractivity contribution in [3.05, 3.63) is 144 Å². The van der Waals surface area contributed by atoms with E-state index in [1.807, 2.05) is 0 Å². The molecule has 0 bridgehead atoms. The Morgan fingerprint density at radius 2 is 0.975 bits per heavy atom. The van der Waals surface area contributed by atoms with Gasteiger partial charge in [-0.3, -0.25) is 0 Å². The monoisotopic (exact) mass is 614 g/mol. The fourth-order valence-electron chi connectivity index (χ4n) is 6.38. The molecule has 40 heavy (non-hydrogen) atoms. The maximum atomic E-state index is 2.61. The van der Waals surface area contributed by atoms with Gasteiger partial charge < -0.3 is 0 Å². The molecule has 4 aromatic rings. The van der Waals surface area contributed by atoms with Gasteiger partial charge in [-0.15, -0.1) is 0 Å². The molecule has 0 heterocycles. The van der Waals surface area contributed by atoms with Crippen LogP contribution in [0.2, 0.25) is 3.63 Å². The Bertz CT molecular complexity index is 1530. The van der Waals surface area contributed by atoms with E-state index in [0.717, 1.165) is 0 Å². The Morgan fingerprint density at radius 3 is 1.38 bits per heavy atom. The molecule has 0 aliphatic heterocycles. The summed E-state index contributed by atoms with van der Waals surface area (Å²) in [6.45, 7) is 14.1. The molecule has 0 aromatic heterocycles. The van der Waals surface area contributed by atoms with Crippen LogP contribution in [0, 0.1) is 0 Å². The van der Waals surface area contributed by atoms with Gasteiger partial charge in [0.2, 0.25) is 0 Å². The van der Waals surface area contributed by atoms with Crippen molar-refractivity contribution < 1.29 is 20.4 Å². The summed E-state index contributed by atoms with van der Waals surface area (Å²) in [6.07, 6.45) is 9.72. The van der Waals surface area contributed by atoms with E-state index in [2.05, 4.69) is 163 Å². The molecule has 0 fully saturated rings. The quantitative estimate of drug-likeness (QED) is 0.202. The molecule has 0 spiro atoms. The average molecular weight is 616 g/mol. The number of fused-ring (bicyclic) bond motifs is 3. The molecule has 0 saturated heterocycles. The van der Waals surface area contributed by atoms with Crippen molar-refractivity contribution in [1.82, 2.24) is 0 Å². The van der Waals surface area contributed by atoms with Gasteiger partial charge in [-0.05, 0) is 0 Å². The molecule has 0 amide bonds. The minimum atomic E-state index is -2.45. The van der Waals surface area contributed by atoms with Crippen LogP contribution < -0.4 is 10.4 Å². The van der Waals surface area contributed by atoms with Crippen LogP contribution in [0.3, 0.4) is 0 Å². The number of hydrogen-bond acceptors (Lipinski definition) is 0. The van der Waals surface area contributed by atoms with Crippen LogP contribution in [0.1, 0.15) is 67.4 Å². The molecule has 0 nitrogen and oxygen atoms in total. The van der Waals surface area contributed by atoms with Gasteiger partial charge in [0.1, 0.15) is 0 Å². The van der Waals surface area contributed by atoms with Crippen molar-refractivity contribution in [2.75, 3.05) is 0 Å². The van der Waals surface area contributed by atoms with E-state index in [9.17, 15) is 0 Å². The summed E-state index contributed by atoms with van der Waals surface area (Å²) in [6, 6.07) is 38.0. The first kappa shape index (κ1) is 27.6. The van der Waals surface area contributed by atoms with Crippen LogP contribution in [-0.4, -0.2) is 5.43 Å². The summed E-state index contributed by atoms with van der Waals surface area (Å²) >= 11 is -2.45. The van der Waals surface area contributed by atoms with Gasteiger partial charge >= 0.3 is 251 Å². The van der Waals surface area contributed by atoms with Crippen molar-refractivity contribution in [2.24, 2.45) is 0 Å². The SMILES string of the molecule is CC(C)(C)c1ccc2c(c1)[CH]([Zr]([CH]1C=CC=C1)=[Si](c1ccccc1)c1ccccc1)c1cc(C(C)(C)C)ccc1-2. The first-order valence-corrected chi connectivity index (χ1v) is 22.6.